The molecule has 0 aliphatic heterocycles. The van der Waals surface area contributed by atoms with Crippen LogP contribution in [0.25, 0.3) is 0 Å². The molecule has 0 fully saturated rings. The molecule has 3 nitrogen and oxygen atoms in total. The monoisotopic (exact) mass is 336 g/mol. The van der Waals surface area contributed by atoms with E-state index in [1.165, 1.54) is 6.07 Å². The minimum absolute atomic E-state index is 0.0390. The van der Waals surface area contributed by atoms with Gasteiger partial charge >= 0.3 is 6.18 Å². The van der Waals surface area contributed by atoms with Crippen molar-refractivity contribution < 1.29 is 18.0 Å². The van der Waals surface area contributed by atoms with E-state index in [4.69, 9.17) is 5.73 Å². The molecular formula is C18H19F3N2O. The molecule has 2 rings (SSSR count). The zero-order valence-corrected chi connectivity index (χ0v) is 13.2. The third kappa shape index (κ3) is 4.35. The number of hydrogen-bond acceptors (Lipinski definition) is 2. The molecule has 2 aromatic rings. The number of rotatable bonds is 5. The highest BCUT2D eigenvalue weighted by Gasteiger charge is 2.31. The Balaban J connectivity index is 2.27. The lowest BCUT2D eigenvalue weighted by molar-refractivity contribution is -0.137. The van der Waals surface area contributed by atoms with Crippen LogP contribution in [0, 0.1) is 0 Å². The maximum atomic E-state index is 13.0. The second-order valence-electron chi connectivity index (χ2n) is 5.48. The van der Waals surface area contributed by atoms with E-state index in [2.05, 4.69) is 5.32 Å². The Morgan fingerprint density at radius 3 is 2.38 bits per heavy atom. The van der Waals surface area contributed by atoms with Gasteiger partial charge in [0.15, 0.2) is 0 Å². The zero-order chi connectivity index (χ0) is 17.7. The number of halogens is 3. The summed E-state index contributed by atoms with van der Waals surface area (Å²) in [5.74, 6) is -0.770. The topological polar surface area (TPSA) is 55.1 Å². The maximum absolute atomic E-state index is 13.0. The van der Waals surface area contributed by atoms with Crippen molar-refractivity contribution in [2.75, 3.05) is 5.32 Å². The molecule has 0 aromatic heterocycles. The fourth-order valence-electron chi connectivity index (χ4n) is 2.53. The summed E-state index contributed by atoms with van der Waals surface area (Å²) in [7, 11) is 0. The molecule has 3 N–H and O–H groups in total. The quantitative estimate of drug-likeness (QED) is 0.855. The van der Waals surface area contributed by atoms with Crippen LogP contribution in [0.3, 0.4) is 0 Å². The standard InChI is InChI=1S/C18H19F3N2O/c1-2-16(13-6-4-3-5-7-13)17(24)23-15-9-12(11-22)8-14(10-15)18(19,20)21/h3-10,16H,2,11,22H2,1H3,(H,23,24). The van der Waals surface area contributed by atoms with E-state index in [-0.39, 0.29) is 18.1 Å². The summed E-state index contributed by atoms with van der Waals surface area (Å²) in [6.07, 6.45) is -3.95. The summed E-state index contributed by atoms with van der Waals surface area (Å²) in [6, 6.07) is 12.5. The van der Waals surface area contributed by atoms with Crippen LogP contribution in [0.5, 0.6) is 0 Å². The molecule has 0 radical (unpaired) electrons. The average molecular weight is 336 g/mol. The van der Waals surface area contributed by atoms with E-state index in [0.717, 1.165) is 17.7 Å². The fourth-order valence-corrected chi connectivity index (χ4v) is 2.53. The first kappa shape index (κ1) is 18.0. The Morgan fingerprint density at radius 1 is 1.17 bits per heavy atom. The van der Waals surface area contributed by atoms with Gasteiger partial charge in [-0.2, -0.15) is 13.2 Å². The van der Waals surface area contributed by atoms with Crippen molar-refractivity contribution in [1.29, 1.82) is 0 Å². The van der Waals surface area contributed by atoms with E-state index < -0.39 is 17.7 Å². The minimum Gasteiger partial charge on any atom is -0.326 e. The van der Waals surface area contributed by atoms with Crippen LogP contribution in [0.15, 0.2) is 48.5 Å². The molecule has 2 aromatic carbocycles. The number of hydrogen-bond donors (Lipinski definition) is 2. The van der Waals surface area contributed by atoms with Crippen LogP contribution in [-0.4, -0.2) is 5.91 Å². The predicted molar refractivity (Wildman–Crippen MR) is 87.4 cm³/mol. The molecule has 0 spiro atoms. The molecule has 0 saturated carbocycles. The normalized spacial score (nSPS) is 12.7. The number of alkyl halides is 3. The summed E-state index contributed by atoms with van der Waals surface area (Å²) in [5, 5.41) is 2.58. The van der Waals surface area contributed by atoms with Crippen LogP contribution < -0.4 is 11.1 Å². The number of amides is 1. The van der Waals surface area contributed by atoms with E-state index in [9.17, 15) is 18.0 Å². The van der Waals surface area contributed by atoms with Gasteiger partial charge in [0.05, 0.1) is 11.5 Å². The predicted octanol–water partition coefficient (Wildman–Crippen LogP) is 4.30. The van der Waals surface area contributed by atoms with Crippen molar-refractivity contribution in [2.24, 2.45) is 5.73 Å². The van der Waals surface area contributed by atoms with Gasteiger partial charge in [0.2, 0.25) is 5.91 Å². The van der Waals surface area contributed by atoms with E-state index in [1.807, 2.05) is 37.3 Å². The first-order valence-electron chi connectivity index (χ1n) is 7.62. The van der Waals surface area contributed by atoms with Crippen LogP contribution in [0.2, 0.25) is 0 Å². The third-order valence-electron chi connectivity index (χ3n) is 3.75. The Kier molecular flexibility index (Phi) is 5.62. The number of nitrogens with two attached hydrogens (primary N) is 1. The molecule has 1 unspecified atom stereocenters. The zero-order valence-electron chi connectivity index (χ0n) is 13.2. The fraction of sp³-hybridized carbons (Fsp3) is 0.278. The first-order chi connectivity index (χ1) is 11.3. The maximum Gasteiger partial charge on any atom is 0.416 e. The van der Waals surface area contributed by atoms with Crippen LogP contribution >= 0.6 is 0 Å². The second kappa shape index (κ2) is 7.49. The van der Waals surface area contributed by atoms with Gasteiger partial charge in [-0.3, -0.25) is 4.79 Å². The summed E-state index contributed by atoms with van der Waals surface area (Å²) < 4.78 is 38.9. The van der Waals surface area contributed by atoms with Crippen molar-refractivity contribution in [3.8, 4) is 0 Å². The number of carbonyl (C=O) groups is 1. The number of benzene rings is 2. The molecule has 6 heteroatoms. The Hall–Kier alpha value is -2.34. The first-order valence-corrected chi connectivity index (χ1v) is 7.62. The van der Waals surface area contributed by atoms with Gasteiger partial charge in [-0.05, 0) is 35.7 Å². The molecular weight excluding hydrogens is 317 g/mol. The summed E-state index contributed by atoms with van der Waals surface area (Å²) in [5.41, 5.74) is 5.87. The van der Waals surface area contributed by atoms with Crippen LogP contribution in [0.4, 0.5) is 18.9 Å². The summed E-state index contributed by atoms with van der Waals surface area (Å²) in [6.45, 7) is 1.82. The van der Waals surface area contributed by atoms with E-state index in [1.54, 1.807) is 0 Å². The van der Waals surface area contributed by atoms with Crippen molar-refractivity contribution in [3.63, 3.8) is 0 Å². The molecule has 0 aliphatic carbocycles. The van der Waals surface area contributed by atoms with Crippen LogP contribution in [0.1, 0.15) is 36.0 Å². The summed E-state index contributed by atoms with van der Waals surface area (Å²) >= 11 is 0. The molecule has 1 atom stereocenters. The lowest BCUT2D eigenvalue weighted by Crippen LogP contribution is -2.21. The second-order valence-corrected chi connectivity index (χ2v) is 5.48. The number of anilines is 1. The summed E-state index contributed by atoms with van der Waals surface area (Å²) in [4.78, 5) is 12.5. The molecule has 128 valence electrons. The van der Waals surface area contributed by atoms with Gasteiger partial charge in [0.25, 0.3) is 0 Å². The molecule has 0 aliphatic rings. The van der Waals surface area contributed by atoms with E-state index >= 15 is 0 Å². The van der Waals surface area contributed by atoms with Crippen molar-refractivity contribution in [1.82, 2.24) is 0 Å². The van der Waals surface area contributed by atoms with Gasteiger partial charge in [-0.15, -0.1) is 0 Å². The molecule has 0 heterocycles. The van der Waals surface area contributed by atoms with Gasteiger partial charge in [-0.25, -0.2) is 0 Å². The molecule has 1 amide bonds. The minimum atomic E-state index is -4.49. The highest BCUT2D eigenvalue weighted by atomic mass is 19.4. The molecule has 24 heavy (non-hydrogen) atoms. The highest BCUT2D eigenvalue weighted by Crippen LogP contribution is 2.32. The lowest BCUT2D eigenvalue weighted by Gasteiger charge is -2.17. The van der Waals surface area contributed by atoms with Gasteiger partial charge in [0.1, 0.15) is 0 Å². The Labute approximate surface area is 138 Å². The lowest BCUT2D eigenvalue weighted by atomic mass is 9.95. The third-order valence-corrected chi connectivity index (χ3v) is 3.75. The Morgan fingerprint density at radius 2 is 1.83 bits per heavy atom. The van der Waals surface area contributed by atoms with Crippen LogP contribution in [-0.2, 0) is 17.5 Å². The van der Waals surface area contributed by atoms with Gasteiger partial charge in [-0.1, -0.05) is 37.3 Å². The Bertz CT molecular complexity index is 699. The van der Waals surface area contributed by atoms with Crippen molar-refractivity contribution in [2.45, 2.75) is 32.0 Å². The van der Waals surface area contributed by atoms with Gasteiger partial charge in [0, 0.05) is 12.2 Å². The molecule has 0 bridgehead atoms. The molecule has 0 saturated heterocycles. The van der Waals surface area contributed by atoms with E-state index in [0.29, 0.717) is 12.0 Å². The van der Waals surface area contributed by atoms with Gasteiger partial charge < -0.3 is 11.1 Å². The number of carbonyl (C=O) groups excluding carboxylic acids is 1. The smallest absolute Gasteiger partial charge is 0.326 e. The van der Waals surface area contributed by atoms with Crippen molar-refractivity contribution >= 4 is 11.6 Å². The van der Waals surface area contributed by atoms with Crippen molar-refractivity contribution in [3.05, 3.63) is 65.2 Å². The SMILES string of the molecule is CCC(C(=O)Nc1cc(CN)cc(C(F)(F)F)c1)c1ccccc1. The largest absolute Gasteiger partial charge is 0.416 e. The highest BCUT2D eigenvalue weighted by molar-refractivity contribution is 5.96. The average Bonchev–Trinajstić information content (AvgIpc) is 2.55. The number of nitrogens with one attached hydrogen (secondary N) is 1.